The Balaban J connectivity index is 2.25. The van der Waals surface area contributed by atoms with Crippen LogP contribution in [-0.4, -0.2) is 18.6 Å². The molecule has 1 aromatic heterocycles. The molecule has 1 aromatic rings. The fourth-order valence-electron chi connectivity index (χ4n) is 1.36. The molecule has 0 radical (unpaired) electrons. The molecule has 0 aliphatic heterocycles. The third-order valence-electron chi connectivity index (χ3n) is 2.11. The van der Waals surface area contributed by atoms with Gasteiger partial charge in [0.2, 0.25) is 0 Å². The van der Waals surface area contributed by atoms with E-state index in [1.807, 2.05) is 11.4 Å². The summed E-state index contributed by atoms with van der Waals surface area (Å²) in [6, 6.07) is 1.90. The number of carbonyl (C=O) groups is 1. The molecule has 0 fully saturated rings. The summed E-state index contributed by atoms with van der Waals surface area (Å²) < 4.78 is 4.83. The average molecular weight is 262 g/mol. The van der Waals surface area contributed by atoms with Crippen LogP contribution in [0.25, 0.3) is 0 Å². The first-order valence-electron chi connectivity index (χ1n) is 5.26. The fraction of sp³-hybridized carbons (Fsp3) is 0.545. The van der Waals surface area contributed by atoms with Gasteiger partial charge in [-0.25, -0.2) is 0 Å². The summed E-state index contributed by atoms with van der Waals surface area (Å²) in [5.74, 6) is -0.179. The highest BCUT2D eigenvalue weighted by Gasteiger charge is 2.09. The Morgan fingerprint density at radius 2 is 2.44 bits per heavy atom. The van der Waals surface area contributed by atoms with E-state index in [4.69, 9.17) is 22.1 Å². The molecule has 1 unspecified atom stereocenters. The van der Waals surface area contributed by atoms with E-state index in [2.05, 4.69) is 0 Å². The zero-order chi connectivity index (χ0) is 12.0. The van der Waals surface area contributed by atoms with Gasteiger partial charge in [-0.05, 0) is 25.8 Å². The van der Waals surface area contributed by atoms with Crippen LogP contribution in [0.2, 0.25) is 5.02 Å². The molecule has 0 aliphatic rings. The van der Waals surface area contributed by atoms with Gasteiger partial charge in [0.05, 0.1) is 11.6 Å². The lowest BCUT2D eigenvalue weighted by atomic mass is 10.1. The molecule has 1 heterocycles. The SMILES string of the molecule is CCOC(=O)CCC(N)Cc1cc(Cl)cs1. The lowest BCUT2D eigenvalue weighted by Crippen LogP contribution is -2.23. The Labute approximate surface area is 105 Å². The number of hydrogen-bond donors (Lipinski definition) is 1. The molecule has 0 spiro atoms. The summed E-state index contributed by atoms with van der Waals surface area (Å²) in [4.78, 5) is 12.3. The van der Waals surface area contributed by atoms with Crippen molar-refractivity contribution in [1.82, 2.24) is 0 Å². The van der Waals surface area contributed by atoms with Crippen LogP contribution < -0.4 is 5.73 Å². The van der Waals surface area contributed by atoms with E-state index in [9.17, 15) is 4.79 Å². The van der Waals surface area contributed by atoms with Gasteiger partial charge < -0.3 is 10.5 Å². The summed E-state index contributed by atoms with van der Waals surface area (Å²) in [7, 11) is 0. The van der Waals surface area contributed by atoms with Crippen LogP contribution in [-0.2, 0) is 16.0 Å². The summed E-state index contributed by atoms with van der Waals surface area (Å²) in [5, 5.41) is 2.63. The highest BCUT2D eigenvalue weighted by atomic mass is 35.5. The number of carbonyl (C=O) groups excluding carboxylic acids is 1. The minimum Gasteiger partial charge on any atom is -0.466 e. The quantitative estimate of drug-likeness (QED) is 0.801. The van der Waals surface area contributed by atoms with Gasteiger partial charge in [-0.2, -0.15) is 0 Å². The van der Waals surface area contributed by atoms with E-state index in [-0.39, 0.29) is 12.0 Å². The van der Waals surface area contributed by atoms with Gasteiger partial charge in [-0.3, -0.25) is 4.79 Å². The van der Waals surface area contributed by atoms with Gasteiger partial charge >= 0.3 is 5.97 Å². The smallest absolute Gasteiger partial charge is 0.305 e. The molecule has 0 aromatic carbocycles. The minimum absolute atomic E-state index is 0.0147. The Morgan fingerprint density at radius 3 is 3.00 bits per heavy atom. The number of hydrogen-bond acceptors (Lipinski definition) is 4. The maximum absolute atomic E-state index is 11.1. The molecular weight excluding hydrogens is 246 g/mol. The third-order valence-corrected chi connectivity index (χ3v) is 3.42. The van der Waals surface area contributed by atoms with Crippen LogP contribution >= 0.6 is 22.9 Å². The molecule has 1 rings (SSSR count). The molecule has 5 heteroatoms. The normalized spacial score (nSPS) is 12.4. The van der Waals surface area contributed by atoms with Gasteiger partial charge in [-0.1, -0.05) is 11.6 Å². The van der Waals surface area contributed by atoms with Crippen LogP contribution in [0.3, 0.4) is 0 Å². The Hall–Kier alpha value is -0.580. The predicted molar refractivity (Wildman–Crippen MR) is 66.9 cm³/mol. The molecule has 2 N–H and O–H groups in total. The van der Waals surface area contributed by atoms with Crippen molar-refractivity contribution in [1.29, 1.82) is 0 Å². The van der Waals surface area contributed by atoms with Crippen LogP contribution in [0.1, 0.15) is 24.6 Å². The second kappa shape index (κ2) is 6.89. The molecule has 90 valence electrons. The molecule has 16 heavy (non-hydrogen) atoms. The molecule has 0 amide bonds. The number of rotatable bonds is 6. The minimum atomic E-state index is -0.179. The highest BCUT2D eigenvalue weighted by molar-refractivity contribution is 7.10. The topological polar surface area (TPSA) is 52.3 Å². The van der Waals surface area contributed by atoms with Crippen LogP contribution in [0, 0.1) is 0 Å². The zero-order valence-electron chi connectivity index (χ0n) is 9.24. The van der Waals surface area contributed by atoms with Crippen molar-refractivity contribution in [2.45, 2.75) is 32.2 Å². The van der Waals surface area contributed by atoms with Gasteiger partial charge in [0.15, 0.2) is 0 Å². The van der Waals surface area contributed by atoms with E-state index in [0.29, 0.717) is 19.4 Å². The first-order valence-corrected chi connectivity index (χ1v) is 6.51. The first-order chi connectivity index (χ1) is 7.61. The number of halogens is 1. The average Bonchev–Trinajstić information content (AvgIpc) is 2.61. The lowest BCUT2D eigenvalue weighted by Gasteiger charge is -2.09. The zero-order valence-corrected chi connectivity index (χ0v) is 10.8. The predicted octanol–water partition coefficient (Wildman–Crippen LogP) is 2.61. The van der Waals surface area contributed by atoms with Gasteiger partial charge in [0, 0.05) is 22.7 Å². The van der Waals surface area contributed by atoms with Crippen molar-refractivity contribution < 1.29 is 9.53 Å². The first kappa shape index (κ1) is 13.5. The lowest BCUT2D eigenvalue weighted by molar-refractivity contribution is -0.143. The number of esters is 1. The standard InChI is InChI=1S/C11H16ClNO2S/c1-2-15-11(14)4-3-9(13)6-10-5-8(12)7-16-10/h5,7,9H,2-4,6,13H2,1H3. The van der Waals surface area contributed by atoms with E-state index >= 15 is 0 Å². The molecule has 0 saturated carbocycles. The van der Waals surface area contributed by atoms with Gasteiger partial charge in [0.25, 0.3) is 0 Å². The molecule has 3 nitrogen and oxygen atoms in total. The third kappa shape index (κ3) is 4.96. The van der Waals surface area contributed by atoms with E-state index in [1.54, 1.807) is 18.3 Å². The van der Waals surface area contributed by atoms with Crippen molar-refractivity contribution >= 4 is 28.9 Å². The highest BCUT2D eigenvalue weighted by Crippen LogP contribution is 2.20. The molecule has 0 bridgehead atoms. The molecule has 1 atom stereocenters. The van der Waals surface area contributed by atoms with Crippen molar-refractivity contribution in [3.8, 4) is 0 Å². The number of thiophene rings is 1. The van der Waals surface area contributed by atoms with Crippen molar-refractivity contribution in [2.75, 3.05) is 6.61 Å². The fourth-order valence-corrected chi connectivity index (χ4v) is 2.53. The molecule has 0 saturated heterocycles. The summed E-state index contributed by atoms with van der Waals surface area (Å²) in [5.41, 5.74) is 5.92. The number of nitrogens with two attached hydrogens (primary N) is 1. The maximum Gasteiger partial charge on any atom is 0.305 e. The van der Waals surface area contributed by atoms with E-state index in [1.165, 1.54) is 0 Å². The second-order valence-corrected chi connectivity index (χ2v) is 4.97. The van der Waals surface area contributed by atoms with Gasteiger partial charge in [-0.15, -0.1) is 11.3 Å². The second-order valence-electron chi connectivity index (χ2n) is 3.54. The largest absolute Gasteiger partial charge is 0.466 e. The molecular formula is C11H16ClNO2S. The van der Waals surface area contributed by atoms with Crippen molar-refractivity contribution in [3.63, 3.8) is 0 Å². The number of ether oxygens (including phenoxy) is 1. The monoisotopic (exact) mass is 261 g/mol. The Bertz CT molecular complexity index is 340. The summed E-state index contributed by atoms with van der Waals surface area (Å²) in [6.07, 6.45) is 1.79. The maximum atomic E-state index is 11.1. The van der Waals surface area contributed by atoms with Crippen LogP contribution in [0.5, 0.6) is 0 Å². The van der Waals surface area contributed by atoms with Crippen molar-refractivity contribution in [2.24, 2.45) is 5.73 Å². The van der Waals surface area contributed by atoms with E-state index < -0.39 is 0 Å². The molecule has 0 aliphatic carbocycles. The summed E-state index contributed by atoms with van der Waals surface area (Å²) in [6.45, 7) is 2.22. The van der Waals surface area contributed by atoms with Crippen LogP contribution in [0.15, 0.2) is 11.4 Å². The summed E-state index contributed by atoms with van der Waals surface area (Å²) >= 11 is 7.40. The van der Waals surface area contributed by atoms with Crippen molar-refractivity contribution in [3.05, 3.63) is 21.3 Å². The van der Waals surface area contributed by atoms with E-state index in [0.717, 1.165) is 16.3 Å². The van der Waals surface area contributed by atoms with Crippen LogP contribution in [0.4, 0.5) is 0 Å². The Kier molecular flexibility index (Phi) is 5.80. The Morgan fingerprint density at radius 1 is 1.69 bits per heavy atom. The van der Waals surface area contributed by atoms with Gasteiger partial charge in [0.1, 0.15) is 0 Å².